The van der Waals surface area contributed by atoms with Crippen molar-refractivity contribution < 1.29 is 0 Å². The minimum Gasteiger partial charge on any atom is -0.341 e. The molecule has 0 saturated heterocycles. The van der Waals surface area contributed by atoms with Crippen LogP contribution in [0.15, 0.2) is 30.5 Å². The van der Waals surface area contributed by atoms with Crippen molar-refractivity contribution in [1.29, 1.82) is 0 Å². The Kier molecular flexibility index (Phi) is 3.07. The van der Waals surface area contributed by atoms with Gasteiger partial charge in [0, 0.05) is 17.3 Å². The fourth-order valence-corrected chi connectivity index (χ4v) is 1.69. The van der Waals surface area contributed by atoms with Gasteiger partial charge in [-0.05, 0) is 18.2 Å². The van der Waals surface area contributed by atoms with Crippen LogP contribution in [-0.2, 0) is 5.41 Å². The molecule has 2 heterocycles. The second-order valence-corrected chi connectivity index (χ2v) is 5.36. The predicted molar refractivity (Wildman–Crippen MR) is 71.4 cm³/mol. The van der Waals surface area contributed by atoms with Gasteiger partial charge in [-0.3, -0.25) is 4.98 Å². The Morgan fingerprint density at radius 1 is 1.24 bits per heavy atom. The minimum absolute atomic E-state index is 0.0139. The maximum atomic E-state index is 5.20. The van der Waals surface area contributed by atoms with Crippen LogP contribution in [0.25, 0.3) is 11.5 Å². The summed E-state index contributed by atoms with van der Waals surface area (Å²) in [6.45, 7) is 6.40. The summed E-state index contributed by atoms with van der Waals surface area (Å²) in [6, 6.07) is 7.64. The Balaban J connectivity index is 2.58. The summed E-state index contributed by atoms with van der Waals surface area (Å²) in [5.41, 5.74) is 1.89. The van der Waals surface area contributed by atoms with Gasteiger partial charge in [-0.15, -0.1) is 0 Å². The van der Waals surface area contributed by atoms with Gasteiger partial charge in [-0.25, -0.2) is 4.98 Å². The van der Waals surface area contributed by atoms with Gasteiger partial charge >= 0.3 is 0 Å². The fourth-order valence-electron chi connectivity index (χ4n) is 1.49. The molecule has 3 nitrogen and oxygen atoms in total. The van der Waals surface area contributed by atoms with Crippen molar-refractivity contribution in [3.05, 3.63) is 40.8 Å². The first-order valence-corrected chi connectivity index (χ1v) is 5.91. The molecule has 1 N–H and O–H groups in total. The lowest BCUT2D eigenvalue weighted by Gasteiger charge is -2.19. The molecule has 0 amide bonds. The molecule has 0 radical (unpaired) electrons. The first kappa shape index (κ1) is 11.9. The number of nitrogens with one attached hydrogen (secondary N) is 1. The monoisotopic (exact) mass is 245 g/mol. The summed E-state index contributed by atoms with van der Waals surface area (Å²) in [5, 5.41) is 0. The zero-order valence-corrected chi connectivity index (χ0v) is 11.0. The lowest BCUT2D eigenvalue weighted by atomic mass is 9.92. The van der Waals surface area contributed by atoms with Crippen LogP contribution in [0, 0.1) is 4.64 Å². The van der Waals surface area contributed by atoms with E-state index in [1.165, 1.54) is 0 Å². The Morgan fingerprint density at radius 3 is 2.59 bits per heavy atom. The number of hydrogen-bond acceptors (Lipinski definition) is 3. The lowest BCUT2D eigenvalue weighted by molar-refractivity contribution is 0.567. The molecule has 17 heavy (non-hydrogen) atoms. The SMILES string of the molecule is CC(C)(C)c1cc(=S)nc(-c2ccccn2)[nH]1. The first-order valence-electron chi connectivity index (χ1n) is 5.50. The van der Waals surface area contributed by atoms with E-state index >= 15 is 0 Å². The second kappa shape index (κ2) is 4.37. The van der Waals surface area contributed by atoms with E-state index in [0.717, 1.165) is 17.2 Å². The third-order valence-corrected chi connectivity index (χ3v) is 2.67. The molecule has 4 heteroatoms. The predicted octanol–water partition coefficient (Wildman–Crippen LogP) is 3.50. The first-order chi connectivity index (χ1) is 7.97. The zero-order valence-electron chi connectivity index (χ0n) is 10.2. The highest BCUT2D eigenvalue weighted by Crippen LogP contribution is 2.22. The fraction of sp³-hybridized carbons (Fsp3) is 0.308. The molecule has 0 saturated carbocycles. The van der Waals surface area contributed by atoms with E-state index in [1.807, 2.05) is 24.3 Å². The van der Waals surface area contributed by atoms with Gasteiger partial charge in [-0.1, -0.05) is 39.1 Å². The van der Waals surface area contributed by atoms with Gasteiger partial charge in [-0.2, -0.15) is 0 Å². The quantitative estimate of drug-likeness (QED) is 0.782. The summed E-state index contributed by atoms with van der Waals surface area (Å²) in [4.78, 5) is 11.9. The molecule has 2 aromatic rings. The van der Waals surface area contributed by atoms with Crippen LogP contribution in [0.4, 0.5) is 0 Å². The molecule has 0 aliphatic heterocycles. The highest BCUT2D eigenvalue weighted by atomic mass is 32.1. The number of rotatable bonds is 1. The van der Waals surface area contributed by atoms with Crippen molar-refractivity contribution in [3.8, 4) is 11.5 Å². The van der Waals surface area contributed by atoms with Crippen molar-refractivity contribution >= 4 is 12.2 Å². The third-order valence-electron chi connectivity index (χ3n) is 2.46. The zero-order chi connectivity index (χ0) is 12.5. The van der Waals surface area contributed by atoms with Gasteiger partial charge in [0.05, 0.1) is 0 Å². The summed E-state index contributed by atoms with van der Waals surface area (Å²) in [7, 11) is 0. The lowest BCUT2D eigenvalue weighted by Crippen LogP contribution is -2.14. The standard InChI is InChI=1S/C13H15N3S/c1-13(2,3)10-8-11(17)16-12(15-10)9-6-4-5-7-14-9/h4-8H,1-3H3,(H,15,16,17). The van der Waals surface area contributed by atoms with Gasteiger partial charge in [0.1, 0.15) is 10.3 Å². The summed E-state index contributed by atoms with van der Waals surface area (Å²) >= 11 is 5.20. The van der Waals surface area contributed by atoms with E-state index in [2.05, 4.69) is 35.7 Å². The van der Waals surface area contributed by atoms with Crippen LogP contribution in [0.1, 0.15) is 26.5 Å². The number of aromatic amines is 1. The Morgan fingerprint density at radius 2 is 2.00 bits per heavy atom. The normalized spacial score (nSPS) is 11.5. The average Bonchev–Trinajstić information content (AvgIpc) is 2.28. The third kappa shape index (κ3) is 2.77. The van der Waals surface area contributed by atoms with E-state index < -0.39 is 0 Å². The van der Waals surface area contributed by atoms with Gasteiger partial charge in [0.25, 0.3) is 0 Å². The number of hydrogen-bond donors (Lipinski definition) is 1. The maximum absolute atomic E-state index is 5.20. The van der Waals surface area contributed by atoms with Crippen LogP contribution in [0.2, 0.25) is 0 Å². The molecule has 2 rings (SSSR count). The molecule has 0 aromatic carbocycles. The van der Waals surface area contributed by atoms with Crippen LogP contribution < -0.4 is 0 Å². The van der Waals surface area contributed by atoms with E-state index in [4.69, 9.17) is 12.2 Å². The Bertz CT molecular complexity index is 567. The van der Waals surface area contributed by atoms with E-state index in [9.17, 15) is 0 Å². The van der Waals surface area contributed by atoms with Crippen molar-refractivity contribution in [2.75, 3.05) is 0 Å². The Hall–Kier alpha value is -1.55. The molecule has 0 atom stereocenters. The summed E-state index contributed by atoms with van der Waals surface area (Å²) < 4.78 is 0.592. The van der Waals surface area contributed by atoms with E-state index in [-0.39, 0.29) is 5.41 Å². The van der Waals surface area contributed by atoms with E-state index in [0.29, 0.717) is 4.64 Å². The highest BCUT2D eigenvalue weighted by molar-refractivity contribution is 7.71. The number of aromatic nitrogens is 3. The van der Waals surface area contributed by atoms with Crippen molar-refractivity contribution in [3.63, 3.8) is 0 Å². The van der Waals surface area contributed by atoms with Gasteiger partial charge in [0.2, 0.25) is 0 Å². The second-order valence-electron chi connectivity index (χ2n) is 4.95. The minimum atomic E-state index is 0.0139. The largest absolute Gasteiger partial charge is 0.341 e. The van der Waals surface area contributed by atoms with Crippen molar-refractivity contribution in [2.45, 2.75) is 26.2 Å². The molecule has 0 spiro atoms. The summed E-state index contributed by atoms with van der Waals surface area (Å²) in [6.07, 6.45) is 1.75. The topological polar surface area (TPSA) is 41.6 Å². The van der Waals surface area contributed by atoms with Crippen LogP contribution in [0.5, 0.6) is 0 Å². The molecule has 0 aliphatic carbocycles. The molecule has 0 bridgehead atoms. The number of H-pyrrole nitrogens is 1. The molecular weight excluding hydrogens is 230 g/mol. The van der Waals surface area contributed by atoms with Gasteiger partial charge in [0.15, 0.2) is 5.82 Å². The van der Waals surface area contributed by atoms with Crippen LogP contribution >= 0.6 is 12.2 Å². The van der Waals surface area contributed by atoms with Crippen LogP contribution in [-0.4, -0.2) is 15.0 Å². The average molecular weight is 245 g/mol. The molecule has 0 aliphatic rings. The van der Waals surface area contributed by atoms with E-state index in [1.54, 1.807) is 6.20 Å². The molecule has 0 fully saturated rings. The van der Waals surface area contributed by atoms with Crippen LogP contribution in [0.3, 0.4) is 0 Å². The molecule has 88 valence electrons. The number of nitrogens with zero attached hydrogens (tertiary/aromatic N) is 2. The smallest absolute Gasteiger partial charge is 0.157 e. The van der Waals surface area contributed by atoms with Crippen molar-refractivity contribution in [1.82, 2.24) is 15.0 Å². The van der Waals surface area contributed by atoms with Crippen molar-refractivity contribution in [2.24, 2.45) is 0 Å². The summed E-state index contributed by atoms with van der Waals surface area (Å²) in [5.74, 6) is 0.725. The van der Waals surface area contributed by atoms with Gasteiger partial charge < -0.3 is 4.98 Å². The number of pyridine rings is 1. The molecular formula is C13H15N3S. The highest BCUT2D eigenvalue weighted by Gasteiger charge is 2.16. The Labute approximate surface area is 106 Å². The molecule has 2 aromatic heterocycles. The maximum Gasteiger partial charge on any atom is 0.157 e. The molecule has 0 unspecified atom stereocenters.